The minimum atomic E-state index is -0.130. The predicted molar refractivity (Wildman–Crippen MR) is 65.4 cm³/mol. The molecule has 0 radical (unpaired) electrons. The van der Waals surface area contributed by atoms with E-state index in [0.717, 1.165) is 25.3 Å². The molecule has 0 fully saturated rings. The first kappa shape index (κ1) is 13.3. The van der Waals surface area contributed by atoms with Crippen LogP contribution in [0.25, 0.3) is 0 Å². The topological polar surface area (TPSA) is 34.4 Å². The van der Waals surface area contributed by atoms with E-state index in [1.54, 1.807) is 6.26 Å². The van der Waals surface area contributed by atoms with Crippen molar-refractivity contribution in [2.75, 3.05) is 13.2 Å². The molecule has 1 atom stereocenters. The van der Waals surface area contributed by atoms with E-state index in [9.17, 15) is 0 Å². The van der Waals surface area contributed by atoms with Crippen LogP contribution in [0.4, 0.5) is 0 Å². The SMILES string of the molecule is CCOC(C)(C)CNC(CC)c1ccco1. The molecule has 0 aliphatic rings. The summed E-state index contributed by atoms with van der Waals surface area (Å²) in [5, 5.41) is 3.48. The molecule has 3 heteroatoms. The summed E-state index contributed by atoms with van der Waals surface area (Å²) in [5.74, 6) is 0.995. The Morgan fingerprint density at radius 2 is 2.19 bits per heavy atom. The smallest absolute Gasteiger partial charge is 0.120 e. The lowest BCUT2D eigenvalue weighted by molar-refractivity contribution is -0.0111. The summed E-state index contributed by atoms with van der Waals surface area (Å²) in [6.07, 6.45) is 2.73. The molecule has 0 aliphatic heterocycles. The number of ether oxygens (including phenoxy) is 1. The molecule has 0 amide bonds. The first-order chi connectivity index (χ1) is 7.59. The highest BCUT2D eigenvalue weighted by atomic mass is 16.5. The van der Waals surface area contributed by atoms with Crippen LogP contribution in [0.2, 0.25) is 0 Å². The zero-order valence-corrected chi connectivity index (χ0v) is 10.7. The highest BCUT2D eigenvalue weighted by molar-refractivity contribution is 5.04. The van der Waals surface area contributed by atoms with Gasteiger partial charge in [0.25, 0.3) is 0 Å². The number of furan rings is 1. The fraction of sp³-hybridized carbons (Fsp3) is 0.692. The summed E-state index contributed by atoms with van der Waals surface area (Å²) in [4.78, 5) is 0. The molecule has 0 saturated carbocycles. The van der Waals surface area contributed by atoms with Crippen molar-refractivity contribution in [3.8, 4) is 0 Å². The van der Waals surface area contributed by atoms with Crippen molar-refractivity contribution in [1.29, 1.82) is 0 Å². The van der Waals surface area contributed by atoms with E-state index < -0.39 is 0 Å². The van der Waals surface area contributed by atoms with Gasteiger partial charge >= 0.3 is 0 Å². The molecule has 0 bridgehead atoms. The van der Waals surface area contributed by atoms with E-state index in [0.29, 0.717) is 0 Å². The maximum absolute atomic E-state index is 5.65. The van der Waals surface area contributed by atoms with Crippen molar-refractivity contribution in [3.63, 3.8) is 0 Å². The fourth-order valence-corrected chi connectivity index (χ4v) is 1.75. The monoisotopic (exact) mass is 225 g/mol. The average Bonchev–Trinajstić information content (AvgIpc) is 2.72. The van der Waals surface area contributed by atoms with Crippen LogP contribution in [0.3, 0.4) is 0 Å². The van der Waals surface area contributed by atoms with Gasteiger partial charge in [0.1, 0.15) is 5.76 Å². The zero-order chi connectivity index (χ0) is 12.0. The van der Waals surface area contributed by atoms with Gasteiger partial charge < -0.3 is 14.5 Å². The Hall–Kier alpha value is -0.800. The second-order valence-electron chi connectivity index (χ2n) is 4.55. The van der Waals surface area contributed by atoms with Gasteiger partial charge in [-0.05, 0) is 39.3 Å². The Kier molecular flexibility index (Phi) is 5.03. The molecule has 0 spiro atoms. The summed E-state index contributed by atoms with van der Waals surface area (Å²) in [7, 11) is 0. The van der Waals surface area contributed by atoms with Gasteiger partial charge in [-0.15, -0.1) is 0 Å². The Morgan fingerprint density at radius 1 is 1.44 bits per heavy atom. The van der Waals surface area contributed by atoms with Crippen LogP contribution >= 0.6 is 0 Å². The zero-order valence-electron chi connectivity index (χ0n) is 10.7. The third-order valence-corrected chi connectivity index (χ3v) is 2.60. The van der Waals surface area contributed by atoms with Crippen molar-refractivity contribution in [2.45, 2.75) is 45.8 Å². The lowest BCUT2D eigenvalue weighted by atomic mass is 10.1. The molecule has 1 aromatic heterocycles. The van der Waals surface area contributed by atoms with Crippen molar-refractivity contribution >= 4 is 0 Å². The lowest BCUT2D eigenvalue weighted by Crippen LogP contribution is -2.39. The maximum Gasteiger partial charge on any atom is 0.120 e. The van der Waals surface area contributed by atoms with Crippen LogP contribution < -0.4 is 5.32 Å². The van der Waals surface area contributed by atoms with Crippen LogP contribution in [-0.4, -0.2) is 18.8 Å². The lowest BCUT2D eigenvalue weighted by Gasteiger charge is -2.27. The standard InChI is InChI=1S/C13H23NO2/c1-5-11(12-8-7-9-15-12)14-10-13(3,4)16-6-2/h7-9,11,14H,5-6,10H2,1-4H3. The Balaban J connectivity index is 2.46. The van der Waals surface area contributed by atoms with Crippen LogP contribution in [0.15, 0.2) is 22.8 Å². The molecule has 1 N–H and O–H groups in total. The van der Waals surface area contributed by atoms with Crippen molar-refractivity contribution in [1.82, 2.24) is 5.32 Å². The van der Waals surface area contributed by atoms with Gasteiger partial charge in [0, 0.05) is 13.2 Å². The van der Waals surface area contributed by atoms with Gasteiger partial charge in [-0.3, -0.25) is 0 Å². The number of nitrogens with one attached hydrogen (secondary N) is 1. The first-order valence-electron chi connectivity index (χ1n) is 5.99. The van der Waals surface area contributed by atoms with Crippen molar-refractivity contribution < 1.29 is 9.15 Å². The average molecular weight is 225 g/mol. The van der Waals surface area contributed by atoms with E-state index >= 15 is 0 Å². The van der Waals surface area contributed by atoms with E-state index in [-0.39, 0.29) is 11.6 Å². The summed E-state index contributed by atoms with van der Waals surface area (Å²) < 4.78 is 11.1. The second-order valence-corrected chi connectivity index (χ2v) is 4.55. The Morgan fingerprint density at radius 3 is 2.69 bits per heavy atom. The van der Waals surface area contributed by atoms with Gasteiger partial charge in [-0.1, -0.05) is 6.92 Å². The van der Waals surface area contributed by atoms with Crippen LogP contribution in [0.5, 0.6) is 0 Å². The van der Waals surface area contributed by atoms with E-state index in [1.807, 2.05) is 19.1 Å². The number of hydrogen-bond acceptors (Lipinski definition) is 3. The molecule has 3 nitrogen and oxygen atoms in total. The van der Waals surface area contributed by atoms with Crippen molar-refractivity contribution in [2.24, 2.45) is 0 Å². The van der Waals surface area contributed by atoms with Crippen molar-refractivity contribution in [3.05, 3.63) is 24.2 Å². The summed E-state index contributed by atoms with van der Waals surface area (Å²) >= 11 is 0. The molecule has 1 unspecified atom stereocenters. The molecular weight excluding hydrogens is 202 g/mol. The summed E-state index contributed by atoms with van der Waals surface area (Å²) in [6.45, 7) is 9.92. The third-order valence-electron chi connectivity index (χ3n) is 2.60. The molecule has 1 aromatic rings. The van der Waals surface area contributed by atoms with E-state index in [2.05, 4.69) is 26.1 Å². The fourth-order valence-electron chi connectivity index (χ4n) is 1.75. The highest BCUT2D eigenvalue weighted by Crippen LogP contribution is 2.18. The molecule has 16 heavy (non-hydrogen) atoms. The van der Waals surface area contributed by atoms with E-state index in [4.69, 9.17) is 9.15 Å². The van der Waals surface area contributed by atoms with Crippen LogP contribution in [0, 0.1) is 0 Å². The van der Waals surface area contributed by atoms with Gasteiger partial charge in [-0.2, -0.15) is 0 Å². The highest BCUT2D eigenvalue weighted by Gasteiger charge is 2.20. The Bertz CT molecular complexity index is 280. The summed E-state index contributed by atoms with van der Waals surface area (Å²) in [6, 6.07) is 4.21. The minimum absolute atomic E-state index is 0.130. The normalized spacial score (nSPS) is 14.0. The molecule has 0 aromatic carbocycles. The Labute approximate surface area is 98.2 Å². The molecule has 1 heterocycles. The molecule has 0 aliphatic carbocycles. The summed E-state index contributed by atoms with van der Waals surface area (Å²) in [5.41, 5.74) is -0.130. The van der Waals surface area contributed by atoms with Gasteiger partial charge in [0.2, 0.25) is 0 Å². The molecule has 1 rings (SSSR count). The largest absolute Gasteiger partial charge is 0.468 e. The molecule has 92 valence electrons. The molecular formula is C13H23NO2. The number of rotatable bonds is 7. The second kappa shape index (κ2) is 6.06. The van der Waals surface area contributed by atoms with E-state index in [1.165, 1.54) is 0 Å². The van der Waals surface area contributed by atoms with Crippen LogP contribution in [0.1, 0.15) is 45.9 Å². The minimum Gasteiger partial charge on any atom is -0.468 e. The first-order valence-corrected chi connectivity index (χ1v) is 5.99. The third kappa shape index (κ3) is 3.99. The van der Waals surface area contributed by atoms with Gasteiger partial charge in [0.15, 0.2) is 0 Å². The number of hydrogen-bond donors (Lipinski definition) is 1. The van der Waals surface area contributed by atoms with Crippen LogP contribution in [-0.2, 0) is 4.74 Å². The quantitative estimate of drug-likeness (QED) is 0.774. The van der Waals surface area contributed by atoms with Gasteiger partial charge in [0.05, 0.1) is 17.9 Å². The maximum atomic E-state index is 5.65. The molecule has 0 saturated heterocycles. The van der Waals surface area contributed by atoms with Gasteiger partial charge in [-0.25, -0.2) is 0 Å². The predicted octanol–water partition coefficient (Wildman–Crippen LogP) is 3.14.